The van der Waals surface area contributed by atoms with E-state index in [1.54, 1.807) is 0 Å². The van der Waals surface area contributed by atoms with Crippen LogP contribution >= 0.6 is 0 Å². The Kier molecular flexibility index (Phi) is 17.9. The average Bonchev–Trinajstić information content (AvgIpc) is 3.23. The van der Waals surface area contributed by atoms with Crippen LogP contribution in [-0.2, 0) is 22.6 Å². The molecule has 4 unspecified atom stereocenters. The van der Waals surface area contributed by atoms with Crippen LogP contribution in [0, 0.1) is 5.92 Å². The molecule has 0 spiro atoms. The number of hydrogen-bond donors (Lipinski definition) is 2. The third-order valence-corrected chi connectivity index (χ3v) is 11.1. The summed E-state index contributed by atoms with van der Waals surface area (Å²) in [5.41, 5.74) is 6.85. The van der Waals surface area contributed by atoms with Crippen LogP contribution in [0.2, 0.25) is 0 Å². The summed E-state index contributed by atoms with van der Waals surface area (Å²) in [6, 6.07) is 34.4. The van der Waals surface area contributed by atoms with Gasteiger partial charge in [-0.2, -0.15) is 0 Å². The minimum atomic E-state index is -0.526. The highest BCUT2D eigenvalue weighted by Crippen LogP contribution is 2.42. The van der Waals surface area contributed by atoms with Gasteiger partial charge in [0.05, 0.1) is 18.8 Å². The van der Waals surface area contributed by atoms with Crippen LogP contribution in [0.5, 0.6) is 0 Å². The van der Waals surface area contributed by atoms with Gasteiger partial charge in [0.1, 0.15) is 0 Å². The SMILES string of the molecule is CCCCCCCCN(CCCCCCCC)CC1OC(c2cccc(-c3cccc(CNC(=O)c4ccccc4)c3)c2)OC(c2ccc(CO)cc2)C1C. The van der Waals surface area contributed by atoms with E-state index < -0.39 is 6.29 Å². The lowest BCUT2D eigenvalue weighted by Gasteiger charge is -2.43. The molecule has 5 rings (SSSR count). The molecule has 0 aliphatic carbocycles. The van der Waals surface area contributed by atoms with Gasteiger partial charge >= 0.3 is 0 Å². The van der Waals surface area contributed by atoms with Crippen molar-refractivity contribution in [3.05, 3.63) is 131 Å². The Morgan fingerprint density at radius 1 is 0.655 bits per heavy atom. The minimum Gasteiger partial charge on any atom is -0.392 e. The molecule has 296 valence electrons. The Labute approximate surface area is 331 Å². The number of ether oxygens (including phenoxy) is 2. The smallest absolute Gasteiger partial charge is 0.251 e. The fraction of sp³-hybridized carbons (Fsp3) is 0.490. The first-order valence-corrected chi connectivity index (χ1v) is 21.2. The van der Waals surface area contributed by atoms with Crippen molar-refractivity contribution in [2.75, 3.05) is 19.6 Å². The van der Waals surface area contributed by atoms with Crippen LogP contribution in [0.4, 0.5) is 0 Å². The van der Waals surface area contributed by atoms with E-state index in [1.807, 2.05) is 54.6 Å². The van der Waals surface area contributed by atoms with E-state index in [9.17, 15) is 9.90 Å². The molecule has 1 amide bonds. The molecule has 0 radical (unpaired) electrons. The first-order chi connectivity index (χ1) is 27.0. The molecule has 1 fully saturated rings. The van der Waals surface area contributed by atoms with Crippen molar-refractivity contribution >= 4 is 5.91 Å². The predicted octanol–water partition coefficient (Wildman–Crippen LogP) is 11.6. The monoisotopic (exact) mass is 747 g/mol. The Morgan fingerprint density at radius 3 is 1.93 bits per heavy atom. The summed E-state index contributed by atoms with van der Waals surface area (Å²) in [7, 11) is 0. The number of carbonyl (C=O) groups is 1. The van der Waals surface area contributed by atoms with Gasteiger partial charge in [0.25, 0.3) is 5.91 Å². The topological polar surface area (TPSA) is 71.0 Å². The van der Waals surface area contributed by atoms with Gasteiger partial charge in [-0.1, -0.05) is 164 Å². The highest BCUT2D eigenvalue weighted by molar-refractivity contribution is 5.94. The lowest BCUT2D eigenvalue weighted by molar-refractivity contribution is -0.276. The fourth-order valence-electron chi connectivity index (χ4n) is 7.71. The number of nitrogens with one attached hydrogen (secondary N) is 1. The van der Waals surface area contributed by atoms with Crippen molar-refractivity contribution in [3.63, 3.8) is 0 Å². The van der Waals surface area contributed by atoms with E-state index in [2.05, 4.69) is 79.5 Å². The zero-order chi connectivity index (χ0) is 38.7. The van der Waals surface area contributed by atoms with Crippen molar-refractivity contribution in [3.8, 4) is 11.1 Å². The summed E-state index contributed by atoms with van der Waals surface area (Å²) < 4.78 is 13.9. The van der Waals surface area contributed by atoms with Crippen LogP contribution in [0.25, 0.3) is 11.1 Å². The Morgan fingerprint density at radius 2 is 1.27 bits per heavy atom. The van der Waals surface area contributed by atoms with Crippen molar-refractivity contribution in [2.24, 2.45) is 5.92 Å². The van der Waals surface area contributed by atoms with E-state index in [-0.39, 0.29) is 30.6 Å². The second-order valence-corrected chi connectivity index (χ2v) is 15.5. The maximum atomic E-state index is 12.7. The number of carbonyl (C=O) groups excluding carboxylic acids is 1. The van der Waals surface area contributed by atoms with E-state index in [1.165, 1.54) is 77.0 Å². The standard InChI is InChI=1S/C49H66N2O4/c1-4-6-8-10-12-17-31-51(32-18-13-11-9-7-5-2)36-46-38(3)47(41-29-27-39(37-52)28-30-41)55-49(54-46)45-26-20-25-44(34-45)43-24-19-21-40(33-43)35-50-48(53)42-22-15-14-16-23-42/h14-16,19-30,33-34,38,46-47,49,52H,4-13,17-18,31-32,35-37H2,1-3H3,(H,50,53). The van der Waals surface area contributed by atoms with Crippen LogP contribution in [0.1, 0.15) is 143 Å². The number of amides is 1. The van der Waals surface area contributed by atoms with Gasteiger partial charge < -0.3 is 24.8 Å². The van der Waals surface area contributed by atoms with Gasteiger partial charge in [-0.05, 0) is 78.0 Å². The fourth-order valence-corrected chi connectivity index (χ4v) is 7.71. The molecule has 4 aromatic carbocycles. The number of hydrogen-bond acceptors (Lipinski definition) is 5. The average molecular weight is 747 g/mol. The molecule has 0 saturated carbocycles. The zero-order valence-corrected chi connectivity index (χ0v) is 33.8. The van der Waals surface area contributed by atoms with Crippen LogP contribution in [-0.4, -0.2) is 41.7 Å². The summed E-state index contributed by atoms with van der Waals surface area (Å²) in [6.07, 6.45) is 14.8. The highest BCUT2D eigenvalue weighted by Gasteiger charge is 2.39. The summed E-state index contributed by atoms with van der Waals surface area (Å²) in [4.78, 5) is 15.4. The Bertz CT molecular complexity index is 1660. The maximum absolute atomic E-state index is 12.7. The molecule has 1 aliphatic heterocycles. The first-order valence-electron chi connectivity index (χ1n) is 21.2. The summed E-state index contributed by atoms with van der Waals surface area (Å²) in [5, 5.41) is 12.8. The second kappa shape index (κ2) is 23.3. The molecule has 0 bridgehead atoms. The van der Waals surface area contributed by atoms with Crippen molar-refractivity contribution in [2.45, 2.75) is 129 Å². The lowest BCUT2D eigenvalue weighted by Crippen LogP contribution is -2.45. The first kappa shape index (κ1) is 42.3. The van der Waals surface area contributed by atoms with Crippen LogP contribution in [0.3, 0.4) is 0 Å². The van der Waals surface area contributed by atoms with Gasteiger partial charge in [0.2, 0.25) is 0 Å². The predicted molar refractivity (Wildman–Crippen MR) is 226 cm³/mol. The molecule has 2 N–H and O–H groups in total. The molecule has 1 saturated heterocycles. The molecule has 6 heteroatoms. The lowest BCUT2D eigenvalue weighted by atomic mass is 9.89. The molecule has 1 aliphatic rings. The van der Waals surface area contributed by atoms with Crippen LogP contribution < -0.4 is 5.32 Å². The van der Waals surface area contributed by atoms with Gasteiger partial charge in [-0.25, -0.2) is 0 Å². The number of aliphatic hydroxyl groups is 1. The summed E-state index contributed by atoms with van der Waals surface area (Å²) in [6.45, 7) is 10.4. The van der Waals surface area contributed by atoms with E-state index in [4.69, 9.17) is 9.47 Å². The zero-order valence-electron chi connectivity index (χ0n) is 33.8. The molecule has 1 heterocycles. The van der Waals surface area contributed by atoms with Gasteiger partial charge in [0.15, 0.2) is 6.29 Å². The molecule has 0 aromatic heterocycles. The largest absolute Gasteiger partial charge is 0.392 e. The molecule has 4 atom stereocenters. The number of aliphatic hydroxyl groups excluding tert-OH is 1. The van der Waals surface area contributed by atoms with E-state index in [0.29, 0.717) is 12.1 Å². The van der Waals surface area contributed by atoms with Crippen molar-refractivity contribution < 1.29 is 19.4 Å². The molecular weight excluding hydrogens is 681 g/mol. The third kappa shape index (κ3) is 13.4. The summed E-state index contributed by atoms with van der Waals surface area (Å²) in [5.74, 6) is 0.0558. The van der Waals surface area contributed by atoms with Gasteiger partial charge in [0, 0.05) is 30.1 Å². The quantitative estimate of drug-likeness (QED) is 0.0740. The Balaban J connectivity index is 1.33. The highest BCUT2D eigenvalue weighted by atomic mass is 16.7. The minimum absolute atomic E-state index is 0.0124. The Hall–Kier alpha value is -3.81. The van der Waals surface area contributed by atoms with Crippen molar-refractivity contribution in [1.82, 2.24) is 10.2 Å². The van der Waals surface area contributed by atoms with Crippen molar-refractivity contribution in [1.29, 1.82) is 0 Å². The molecular formula is C49H66N2O4. The number of nitrogens with zero attached hydrogens (tertiary/aromatic N) is 1. The second-order valence-electron chi connectivity index (χ2n) is 15.5. The number of rotatable bonds is 23. The third-order valence-electron chi connectivity index (χ3n) is 11.1. The summed E-state index contributed by atoms with van der Waals surface area (Å²) >= 11 is 0. The van der Waals surface area contributed by atoms with E-state index in [0.717, 1.165) is 53.0 Å². The molecule has 4 aromatic rings. The van der Waals surface area contributed by atoms with E-state index >= 15 is 0 Å². The number of benzene rings is 4. The van der Waals surface area contributed by atoms with Crippen LogP contribution in [0.15, 0.2) is 103 Å². The van der Waals surface area contributed by atoms with Gasteiger partial charge in [-0.3, -0.25) is 4.79 Å². The molecule has 55 heavy (non-hydrogen) atoms. The number of unbranched alkanes of at least 4 members (excludes halogenated alkanes) is 10. The normalized spacial score (nSPS) is 18.4. The maximum Gasteiger partial charge on any atom is 0.251 e. The molecule has 6 nitrogen and oxygen atoms in total. The van der Waals surface area contributed by atoms with Gasteiger partial charge in [-0.15, -0.1) is 0 Å².